The normalized spacial score (nSPS) is 22.1. The average Bonchev–Trinajstić information content (AvgIpc) is 2.64. The fraction of sp³-hybridized carbons (Fsp3) is 0.833. The summed E-state index contributed by atoms with van der Waals surface area (Å²) in [4.78, 5) is 24.2. The van der Waals surface area contributed by atoms with E-state index in [1.807, 2.05) is 11.8 Å². The molecule has 4 nitrogen and oxygen atoms in total. The van der Waals surface area contributed by atoms with E-state index < -0.39 is 5.97 Å². The monoisotopic (exact) mass is 227 g/mol. The van der Waals surface area contributed by atoms with E-state index in [2.05, 4.69) is 6.92 Å². The highest BCUT2D eigenvalue weighted by atomic mass is 16.4. The Labute approximate surface area is 96.6 Å². The number of likely N-dealkylation sites (tertiary alicyclic amines) is 1. The van der Waals surface area contributed by atoms with Crippen LogP contribution in [0.5, 0.6) is 0 Å². The van der Waals surface area contributed by atoms with E-state index in [1.165, 1.54) is 0 Å². The van der Waals surface area contributed by atoms with Crippen molar-refractivity contribution in [3.8, 4) is 0 Å². The molecule has 1 amide bonds. The first-order chi connectivity index (χ1) is 7.52. The molecule has 1 aliphatic heterocycles. The molecule has 1 fully saturated rings. The smallest absolute Gasteiger partial charge is 0.303 e. The Morgan fingerprint density at radius 1 is 1.44 bits per heavy atom. The number of carboxylic acid groups (broad SMARTS) is 1. The highest BCUT2D eigenvalue weighted by Gasteiger charge is 2.26. The molecule has 16 heavy (non-hydrogen) atoms. The van der Waals surface area contributed by atoms with Crippen LogP contribution in [-0.4, -0.2) is 35.0 Å². The van der Waals surface area contributed by atoms with Crippen molar-refractivity contribution in [2.45, 2.75) is 39.5 Å². The van der Waals surface area contributed by atoms with Crippen LogP contribution >= 0.6 is 0 Å². The zero-order chi connectivity index (χ0) is 12.1. The zero-order valence-electron chi connectivity index (χ0n) is 10.1. The summed E-state index contributed by atoms with van der Waals surface area (Å²) in [6.07, 6.45) is 2.66. The second-order valence-corrected chi connectivity index (χ2v) is 4.81. The summed E-state index contributed by atoms with van der Waals surface area (Å²) >= 11 is 0. The maximum atomic E-state index is 11.8. The van der Waals surface area contributed by atoms with E-state index in [1.54, 1.807) is 0 Å². The van der Waals surface area contributed by atoms with Gasteiger partial charge in [0.25, 0.3) is 0 Å². The van der Waals surface area contributed by atoms with Crippen LogP contribution in [0.4, 0.5) is 0 Å². The van der Waals surface area contributed by atoms with Crippen LogP contribution in [0, 0.1) is 11.8 Å². The quantitative estimate of drug-likeness (QED) is 0.778. The lowest BCUT2D eigenvalue weighted by atomic mass is 10.0. The first-order valence-corrected chi connectivity index (χ1v) is 6.02. The van der Waals surface area contributed by atoms with Crippen LogP contribution in [0.15, 0.2) is 0 Å². The van der Waals surface area contributed by atoms with E-state index in [-0.39, 0.29) is 18.2 Å². The minimum absolute atomic E-state index is 0.0642. The molecule has 2 unspecified atom stereocenters. The summed E-state index contributed by atoms with van der Waals surface area (Å²) in [6, 6.07) is 0. The second-order valence-electron chi connectivity index (χ2n) is 4.81. The van der Waals surface area contributed by atoms with Gasteiger partial charge in [0.1, 0.15) is 0 Å². The number of hydrogen-bond donors (Lipinski definition) is 1. The predicted molar refractivity (Wildman–Crippen MR) is 61.0 cm³/mol. The Morgan fingerprint density at radius 3 is 2.62 bits per heavy atom. The van der Waals surface area contributed by atoms with Crippen LogP contribution < -0.4 is 0 Å². The standard InChI is InChI=1S/C12H21NO3/c1-3-10-4-5-13(8-10)11(14)6-9(2)7-12(15)16/h9-10H,3-8H2,1-2H3,(H,15,16). The number of aliphatic carboxylic acids is 1. The van der Waals surface area contributed by atoms with Crippen LogP contribution in [-0.2, 0) is 9.59 Å². The molecule has 1 heterocycles. The molecule has 2 atom stereocenters. The fourth-order valence-electron chi connectivity index (χ4n) is 2.19. The summed E-state index contributed by atoms with van der Waals surface area (Å²) in [6.45, 7) is 5.66. The maximum Gasteiger partial charge on any atom is 0.303 e. The van der Waals surface area contributed by atoms with Crippen molar-refractivity contribution in [1.29, 1.82) is 0 Å². The second kappa shape index (κ2) is 5.87. The average molecular weight is 227 g/mol. The van der Waals surface area contributed by atoms with Crippen molar-refractivity contribution < 1.29 is 14.7 Å². The third-order valence-corrected chi connectivity index (χ3v) is 3.26. The molecule has 0 aromatic rings. The Kier molecular flexibility index (Phi) is 4.77. The molecule has 1 N–H and O–H groups in total. The molecule has 0 aromatic heterocycles. The Morgan fingerprint density at radius 2 is 2.12 bits per heavy atom. The van der Waals surface area contributed by atoms with E-state index in [9.17, 15) is 9.59 Å². The summed E-state index contributed by atoms with van der Waals surface area (Å²) in [7, 11) is 0. The largest absolute Gasteiger partial charge is 0.481 e. The van der Waals surface area contributed by atoms with Gasteiger partial charge >= 0.3 is 5.97 Å². The van der Waals surface area contributed by atoms with Crippen molar-refractivity contribution in [2.24, 2.45) is 11.8 Å². The Balaban J connectivity index is 2.33. The van der Waals surface area contributed by atoms with Crippen LogP contribution in [0.2, 0.25) is 0 Å². The zero-order valence-corrected chi connectivity index (χ0v) is 10.1. The van der Waals surface area contributed by atoms with E-state index in [4.69, 9.17) is 5.11 Å². The van der Waals surface area contributed by atoms with Crippen molar-refractivity contribution >= 4 is 11.9 Å². The fourth-order valence-corrected chi connectivity index (χ4v) is 2.19. The van der Waals surface area contributed by atoms with Crippen LogP contribution in [0.25, 0.3) is 0 Å². The van der Waals surface area contributed by atoms with Gasteiger partial charge in [-0.05, 0) is 18.3 Å². The molecule has 1 aliphatic rings. The van der Waals surface area contributed by atoms with Gasteiger partial charge in [-0.15, -0.1) is 0 Å². The van der Waals surface area contributed by atoms with Gasteiger partial charge in [0, 0.05) is 25.9 Å². The maximum absolute atomic E-state index is 11.8. The highest BCUT2D eigenvalue weighted by Crippen LogP contribution is 2.21. The Hall–Kier alpha value is -1.06. The molecule has 1 rings (SSSR count). The predicted octanol–water partition coefficient (Wildman–Crippen LogP) is 1.75. The number of carbonyl (C=O) groups excluding carboxylic acids is 1. The summed E-state index contributed by atoms with van der Waals surface area (Å²) in [5.74, 6) is -0.137. The molecular weight excluding hydrogens is 206 g/mol. The SMILES string of the molecule is CCC1CCN(C(=O)CC(C)CC(=O)O)C1. The lowest BCUT2D eigenvalue weighted by Crippen LogP contribution is -2.30. The van der Waals surface area contributed by atoms with Gasteiger partial charge in [0.05, 0.1) is 0 Å². The van der Waals surface area contributed by atoms with E-state index in [0.29, 0.717) is 12.3 Å². The van der Waals surface area contributed by atoms with Gasteiger partial charge in [-0.2, -0.15) is 0 Å². The molecule has 0 saturated carbocycles. The van der Waals surface area contributed by atoms with E-state index >= 15 is 0 Å². The molecule has 92 valence electrons. The highest BCUT2D eigenvalue weighted by molar-refractivity contribution is 5.77. The number of rotatable bonds is 5. The minimum atomic E-state index is -0.826. The van der Waals surface area contributed by atoms with Gasteiger partial charge < -0.3 is 10.0 Å². The van der Waals surface area contributed by atoms with E-state index in [0.717, 1.165) is 25.9 Å². The number of nitrogens with zero attached hydrogens (tertiary/aromatic N) is 1. The number of carbonyl (C=O) groups is 2. The van der Waals surface area contributed by atoms with Crippen molar-refractivity contribution in [3.05, 3.63) is 0 Å². The molecule has 4 heteroatoms. The lowest BCUT2D eigenvalue weighted by molar-refractivity contribution is -0.138. The third-order valence-electron chi connectivity index (χ3n) is 3.26. The summed E-state index contributed by atoms with van der Waals surface area (Å²) < 4.78 is 0. The van der Waals surface area contributed by atoms with Gasteiger partial charge in [-0.1, -0.05) is 20.3 Å². The topological polar surface area (TPSA) is 57.6 Å². The van der Waals surface area contributed by atoms with Crippen molar-refractivity contribution in [3.63, 3.8) is 0 Å². The summed E-state index contributed by atoms with van der Waals surface area (Å²) in [5, 5.41) is 8.62. The van der Waals surface area contributed by atoms with Crippen LogP contribution in [0.1, 0.15) is 39.5 Å². The van der Waals surface area contributed by atoms with Crippen LogP contribution in [0.3, 0.4) is 0 Å². The molecule has 0 spiro atoms. The van der Waals surface area contributed by atoms with Gasteiger partial charge in [0.15, 0.2) is 0 Å². The minimum Gasteiger partial charge on any atom is -0.481 e. The molecule has 1 saturated heterocycles. The molecule has 0 radical (unpaired) electrons. The Bertz CT molecular complexity index is 265. The molecule has 0 bridgehead atoms. The van der Waals surface area contributed by atoms with Gasteiger partial charge in [-0.3, -0.25) is 9.59 Å². The molecular formula is C12H21NO3. The van der Waals surface area contributed by atoms with Gasteiger partial charge in [0.2, 0.25) is 5.91 Å². The van der Waals surface area contributed by atoms with Gasteiger partial charge in [-0.25, -0.2) is 0 Å². The first-order valence-electron chi connectivity index (χ1n) is 6.02. The van der Waals surface area contributed by atoms with Crippen molar-refractivity contribution in [2.75, 3.05) is 13.1 Å². The number of carboxylic acids is 1. The third kappa shape index (κ3) is 3.83. The van der Waals surface area contributed by atoms with Crippen molar-refractivity contribution in [1.82, 2.24) is 4.90 Å². The lowest BCUT2D eigenvalue weighted by Gasteiger charge is -2.18. The first kappa shape index (κ1) is 13.0. The summed E-state index contributed by atoms with van der Waals surface area (Å²) in [5.41, 5.74) is 0. The number of hydrogen-bond acceptors (Lipinski definition) is 2. The molecule has 0 aromatic carbocycles. The number of amides is 1. The molecule has 0 aliphatic carbocycles.